The van der Waals surface area contributed by atoms with E-state index in [9.17, 15) is 18.0 Å². The predicted octanol–water partition coefficient (Wildman–Crippen LogP) is 1.94. The molecular formula is C18H21BrN2O5S. The number of nitrogens with zero attached hydrogens (tertiary/aromatic N) is 2. The van der Waals surface area contributed by atoms with Crippen LogP contribution in [0, 0.1) is 0 Å². The molecule has 146 valence electrons. The average molecular weight is 457 g/mol. The number of aromatic nitrogens is 1. The van der Waals surface area contributed by atoms with E-state index in [1.165, 1.54) is 27.7 Å². The smallest absolute Gasteiger partial charge is 0.251 e. The molecule has 27 heavy (non-hydrogen) atoms. The van der Waals surface area contributed by atoms with Crippen LogP contribution in [0.2, 0.25) is 0 Å². The van der Waals surface area contributed by atoms with Gasteiger partial charge in [0.2, 0.25) is 5.91 Å². The van der Waals surface area contributed by atoms with Gasteiger partial charge >= 0.3 is 0 Å². The van der Waals surface area contributed by atoms with Crippen LogP contribution < -0.4 is 10.3 Å². The Hall–Kier alpha value is -2.13. The molecule has 0 radical (unpaired) electrons. The van der Waals surface area contributed by atoms with Crippen LogP contribution in [0.1, 0.15) is 6.42 Å². The molecule has 0 N–H and O–H groups in total. The van der Waals surface area contributed by atoms with E-state index in [4.69, 9.17) is 4.74 Å². The normalized spacial score (nSPS) is 11.2. The molecule has 0 aliphatic rings. The van der Waals surface area contributed by atoms with Crippen molar-refractivity contribution in [2.24, 2.45) is 0 Å². The third kappa shape index (κ3) is 6.51. The van der Waals surface area contributed by atoms with Crippen LogP contribution in [0.25, 0.3) is 0 Å². The van der Waals surface area contributed by atoms with Crippen molar-refractivity contribution < 1.29 is 17.9 Å². The van der Waals surface area contributed by atoms with Crippen molar-refractivity contribution in [2.75, 3.05) is 26.5 Å². The SMILES string of the molecule is CN(CCCOc1cccc(S(C)(=O)=O)c1)C(=O)Cn1cc(Br)ccc1=O. The minimum atomic E-state index is -3.28. The molecule has 7 nitrogen and oxygen atoms in total. The van der Waals surface area contributed by atoms with Gasteiger partial charge in [-0.15, -0.1) is 0 Å². The lowest BCUT2D eigenvalue weighted by Crippen LogP contribution is -2.34. The van der Waals surface area contributed by atoms with Gasteiger partial charge in [0.25, 0.3) is 5.56 Å². The van der Waals surface area contributed by atoms with Gasteiger partial charge in [-0.05, 0) is 46.6 Å². The topological polar surface area (TPSA) is 85.7 Å². The van der Waals surface area contributed by atoms with Gasteiger partial charge in [-0.1, -0.05) is 6.07 Å². The summed E-state index contributed by atoms with van der Waals surface area (Å²) in [7, 11) is -1.62. The van der Waals surface area contributed by atoms with Crippen molar-refractivity contribution in [1.82, 2.24) is 9.47 Å². The molecule has 1 amide bonds. The molecule has 1 heterocycles. The third-order valence-corrected chi connectivity index (χ3v) is 5.40. The zero-order valence-corrected chi connectivity index (χ0v) is 17.5. The first-order chi connectivity index (χ1) is 12.7. The fourth-order valence-electron chi connectivity index (χ4n) is 2.30. The molecule has 1 aromatic heterocycles. The monoisotopic (exact) mass is 456 g/mol. The van der Waals surface area contributed by atoms with E-state index in [1.54, 1.807) is 31.4 Å². The zero-order valence-electron chi connectivity index (χ0n) is 15.1. The van der Waals surface area contributed by atoms with Crippen LogP contribution in [-0.4, -0.2) is 50.2 Å². The zero-order chi connectivity index (χ0) is 20.0. The summed E-state index contributed by atoms with van der Waals surface area (Å²) in [5.74, 6) is 0.280. The minimum Gasteiger partial charge on any atom is -0.493 e. The molecule has 0 bridgehead atoms. The molecule has 0 saturated heterocycles. The summed E-state index contributed by atoms with van der Waals surface area (Å²) < 4.78 is 30.7. The van der Waals surface area contributed by atoms with Crippen molar-refractivity contribution >= 4 is 31.7 Å². The minimum absolute atomic E-state index is 0.0357. The summed E-state index contributed by atoms with van der Waals surface area (Å²) in [6.45, 7) is 0.751. The maximum Gasteiger partial charge on any atom is 0.251 e. The molecule has 0 saturated carbocycles. The lowest BCUT2D eigenvalue weighted by Gasteiger charge is -2.18. The highest BCUT2D eigenvalue weighted by Gasteiger charge is 2.11. The summed E-state index contributed by atoms with van der Waals surface area (Å²) in [6, 6.07) is 9.32. The van der Waals surface area contributed by atoms with Crippen LogP contribution in [0.3, 0.4) is 0 Å². The number of benzene rings is 1. The van der Waals surface area contributed by atoms with Crippen LogP contribution in [0.4, 0.5) is 0 Å². The molecule has 0 fully saturated rings. The first kappa shape index (κ1) is 21.2. The van der Waals surface area contributed by atoms with Gasteiger partial charge in [0, 0.05) is 36.6 Å². The molecule has 2 rings (SSSR count). The Bertz CT molecular complexity index is 972. The van der Waals surface area contributed by atoms with Crippen molar-refractivity contribution in [1.29, 1.82) is 0 Å². The summed E-state index contributed by atoms with van der Waals surface area (Å²) in [4.78, 5) is 25.7. The number of ether oxygens (including phenoxy) is 1. The fourth-order valence-corrected chi connectivity index (χ4v) is 3.34. The van der Waals surface area contributed by atoms with Gasteiger partial charge in [0.1, 0.15) is 12.3 Å². The third-order valence-electron chi connectivity index (χ3n) is 3.82. The number of sulfone groups is 1. The molecular weight excluding hydrogens is 436 g/mol. The largest absolute Gasteiger partial charge is 0.493 e. The molecule has 0 aliphatic heterocycles. The van der Waals surface area contributed by atoms with Crippen molar-refractivity contribution in [3.05, 3.63) is 57.4 Å². The van der Waals surface area contributed by atoms with E-state index in [-0.39, 0.29) is 22.9 Å². The van der Waals surface area contributed by atoms with E-state index < -0.39 is 9.84 Å². The van der Waals surface area contributed by atoms with E-state index >= 15 is 0 Å². The number of carbonyl (C=O) groups is 1. The Labute approximate surface area is 166 Å². The molecule has 0 spiro atoms. The number of amides is 1. The first-order valence-electron chi connectivity index (χ1n) is 8.20. The second-order valence-electron chi connectivity index (χ2n) is 6.08. The van der Waals surface area contributed by atoms with Crippen molar-refractivity contribution in [2.45, 2.75) is 17.9 Å². The Morgan fingerprint density at radius 3 is 2.70 bits per heavy atom. The van der Waals surface area contributed by atoms with Gasteiger partial charge in [-0.3, -0.25) is 9.59 Å². The summed E-state index contributed by atoms with van der Waals surface area (Å²) >= 11 is 3.28. The number of halogens is 1. The van der Waals surface area contributed by atoms with E-state index in [1.807, 2.05) is 0 Å². The lowest BCUT2D eigenvalue weighted by atomic mass is 10.3. The quantitative estimate of drug-likeness (QED) is 0.566. The Balaban J connectivity index is 1.82. The Morgan fingerprint density at radius 2 is 2.00 bits per heavy atom. The maximum absolute atomic E-state index is 12.2. The number of carbonyl (C=O) groups excluding carboxylic acids is 1. The second-order valence-corrected chi connectivity index (χ2v) is 9.01. The summed E-state index contributed by atoms with van der Waals surface area (Å²) in [5.41, 5.74) is -0.242. The number of pyridine rings is 1. The predicted molar refractivity (Wildman–Crippen MR) is 106 cm³/mol. The molecule has 9 heteroatoms. The van der Waals surface area contributed by atoms with Crippen molar-refractivity contribution in [3.63, 3.8) is 0 Å². The highest BCUT2D eigenvalue weighted by molar-refractivity contribution is 9.10. The van der Waals surface area contributed by atoms with Crippen LogP contribution >= 0.6 is 15.9 Å². The van der Waals surface area contributed by atoms with Gasteiger partial charge in [-0.2, -0.15) is 0 Å². The average Bonchev–Trinajstić information content (AvgIpc) is 2.61. The lowest BCUT2D eigenvalue weighted by molar-refractivity contribution is -0.130. The second kappa shape index (κ2) is 9.18. The Kier molecular flexibility index (Phi) is 7.20. The molecule has 0 unspecified atom stereocenters. The summed E-state index contributed by atoms with van der Waals surface area (Å²) in [5, 5.41) is 0. The highest BCUT2D eigenvalue weighted by atomic mass is 79.9. The van der Waals surface area contributed by atoms with Gasteiger partial charge in [0.05, 0.1) is 11.5 Å². The first-order valence-corrected chi connectivity index (χ1v) is 10.9. The highest BCUT2D eigenvalue weighted by Crippen LogP contribution is 2.17. The van der Waals surface area contributed by atoms with Gasteiger partial charge in [-0.25, -0.2) is 8.42 Å². The van der Waals surface area contributed by atoms with E-state index in [0.29, 0.717) is 25.3 Å². The number of rotatable bonds is 8. The molecule has 1 aromatic carbocycles. The van der Waals surface area contributed by atoms with Crippen LogP contribution in [0.5, 0.6) is 5.75 Å². The number of hydrogen-bond donors (Lipinski definition) is 0. The maximum atomic E-state index is 12.2. The molecule has 2 aromatic rings. The number of hydrogen-bond acceptors (Lipinski definition) is 5. The van der Waals surface area contributed by atoms with Crippen LogP contribution in [0.15, 0.2) is 56.8 Å². The standard InChI is InChI=1S/C18H21BrN2O5S/c1-20(18(23)13-21-12-14(19)7-8-17(21)22)9-4-10-26-15-5-3-6-16(11-15)27(2,24)25/h3,5-8,11-12H,4,9-10,13H2,1-2H3. The fraction of sp³-hybridized carbons (Fsp3) is 0.333. The van der Waals surface area contributed by atoms with E-state index in [0.717, 1.165) is 10.7 Å². The summed E-state index contributed by atoms with van der Waals surface area (Å²) in [6.07, 6.45) is 3.29. The number of likely N-dealkylation sites (N-methyl/N-ethyl adjacent to an activating group) is 1. The van der Waals surface area contributed by atoms with Gasteiger partial charge < -0.3 is 14.2 Å². The molecule has 0 atom stereocenters. The van der Waals surface area contributed by atoms with Crippen LogP contribution in [-0.2, 0) is 21.2 Å². The van der Waals surface area contributed by atoms with Crippen molar-refractivity contribution in [3.8, 4) is 5.75 Å². The van der Waals surface area contributed by atoms with Gasteiger partial charge in [0.15, 0.2) is 9.84 Å². The van der Waals surface area contributed by atoms with E-state index in [2.05, 4.69) is 15.9 Å². The Morgan fingerprint density at radius 1 is 1.26 bits per heavy atom. The molecule has 0 aliphatic carbocycles.